The van der Waals surface area contributed by atoms with E-state index in [9.17, 15) is 13.2 Å². The summed E-state index contributed by atoms with van der Waals surface area (Å²) in [6.45, 7) is 0.324. The molecule has 0 spiro atoms. The van der Waals surface area contributed by atoms with Gasteiger partial charge in [0.25, 0.3) is 0 Å². The van der Waals surface area contributed by atoms with Crippen LogP contribution in [0.4, 0.5) is 11.4 Å². The average molecular weight is 346 g/mol. The number of nitrogens with one attached hydrogen (secondary N) is 2. The van der Waals surface area contributed by atoms with Crippen LogP contribution >= 0.6 is 0 Å². The summed E-state index contributed by atoms with van der Waals surface area (Å²) < 4.78 is 30.6. The lowest BCUT2D eigenvalue weighted by Crippen LogP contribution is -2.32. The Hall–Kier alpha value is -2.54. The number of para-hydroxylation sites is 1. The van der Waals surface area contributed by atoms with Crippen molar-refractivity contribution >= 4 is 27.3 Å². The zero-order chi connectivity index (χ0) is 17.2. The van der Waals surface area contributed by atoms with Gasteiger partial charge in [-0.3, -0.25) is 9.52 Å². The topological polar surface area (TPSA) is 84.5 Å². The van der Waals surface area contributed by atoms with Crippen molar-refractivity contribution in [3.05, 3.63) is 54.1 Å². The van der Waals surface area contributed by atoms with Crippen molar-refractivity contribution in [1.29, 1.82) is 0 Å². The second kappa shape index (κ2) is 6.52. The molecule has 1 amide bonds. The average Bonchev–Trinajstić information content (AvgIpc) is 2.53. The van der Waals surface area contributed by atoms with Gasteiger partial charge in [0, 0.05) is 5.69 Å². The normalized spacial score (nSPS) is 16.6. The van der Waals surface area contributed by atoms with Crippen LogP contribution in [0.25, 0.3) is 0 Å². The van der Waals surface area contributed by atoms with Crippen molar-refractivity contribution in [3.63, 3.8) is 0 Å². The van der Waals surface area contributed by atoms with Gasteiger partial charge >= 0.3 is 0 Å². The Morgan fingerprint density at radius 3 is 2.67 bits per heavy atom. The van der Waals surface area contributed by atoms with E-state index in [1.807, 2.05) is 24.3 Å². The van der Waals surface area contributed by atoms with Crippen LogP contribution in [0.3, 0.4) is 0 Å². The van der Waals surface area contributed by atoms with Gasteiger partial charge < -0.3 is 10.1 Å². The van der Waals surface area contributed by atoms with E-state index in [0.29, 0.717) is 24.4 Å². The maximum atomic E-state index is 12.4. The fourth-order valence-corrected chi connectivity index (χ4v) is 3.17. The highest BCUT2D eigenvalue weighted by atomic mass is 32.2. The van der Waals surface area contributed by atoms with Crippen LogP contribution in [0.5, 0.6) is 5.75 Å². The summed E-state index contributed by atoms with van der Waals surface area (Å²) in [4.78, 5) is 12.4. The van der Waals surface area contributed by atoms with E-state index in [-0.39, 0.29) is 11.8 Å². The number of fused-ring (bicyclic) bond motifs is 1. The molecule has 1 heterocycles. The minimum atomic E-state index is -3.36. The molecule has 1 atom stereocenters. The second-order valence-electron chi connectivity index (χ2n) is 5.76. The summed E-state index contributed by atoms with van der Waals surface area (Å²) in [6, 6.07) is 14.3. The van der Waals surface area contributed by atoms with E-state index >= 15 is 0 Å². The first kappa shape index (κ1) is 16.3. The molecule has 3 rings (SSSR count). The lowest BCUT2D eigenvalue weighted by Gasteiger charge is -2.24. The molecule has 24 heavy (non-hydrogen) atoms. The first-order valence-corrected chi connectivity index (χ1v) is 9.39. The minimum Gasteiger partial charge on any atom is -0.492 e. The summed E-state index contributed by atoms with van der Waals surface area (Å²) in [5, 5.41) is 2.81. The number of benzene rings is 2. The summed E-state index contributed by atoms with van der Waals surface area (Å²) in [5.41, 5.74) is 1.95. The number of ether oxygens (including phenoxy) is 1. The first-order chi connectivity index (χ1) is 11.4. The summed E-state index contributed by atoms with van der Waals surface area (Å²) in [7, 11) is -3.36. The maximum Gasteiger partial charge on any atom is 0.231 e. The molecular formula is C17H18N2O4S. The van der Waals surface area contributed by atoms with Crippen LogP contribution in [0.2, 0.25) is 0 Å². The lowest BCUT2D eigenvalue weighted by molar-refractivity contribution is -0.121. The molecule has 0 saturated heterocycles. The molecule has 2 aromatic carbocycles. The van der Waals surface area contributed by atoms with E-state index in [4.69, 9.17) is 4.74 Å². The molecule has 2 N–H and O–H groups in total. The number of anilines is 2. The van der Waals surface area contributed by atoms with E-state index in [1.165, 1.54) is 0 Å². The zero-order valence-corrected chi connectivity index (χ0v) is 14.0. The molecule has 6 nitrogen and oxygen atoms in total. The molecule has 0 bridgehead atoms. The molecular weight excluding hydrogens is 328 g/mol. The molecule has 1 aliphatic rings. The van der Waals surface area contributed by atoms with Crippen molar-refractivity contribution in [2.75, 3.05) is 22.9 Å². The van der Waals surface area contributed by atoms with Crippen LogP contribution in [0.15, 0.2) is 48.5 Å². The SMILES string of the molecule is CS(=O)(=O)Nc1cccc(NC(=O)C2COc3ccccc3C2)c1. The number of amides is 1. The fourth-order valence-electron chi connectivity index (χ4n) is 2.62. The molecule has 2 aromatic rings. The number of sulfonamides is 1. The molecule has 1 aliphatic heterocycles. The number of hydrogen-bond acceptors (Lipinski definition) is 4. The van der Waals surface area contributed by atoms with Gasteiger partial charge in [-0.05, 0) is 36.2 Å². The Balaban J connectivity index is 1.68. The fraction of sp³-hybridized carbons (Fsp3) is 0.235. The molecule has 0 aromatic heterocycles. The highest BCUT2D eigenvalue weighted by Crippen LogP contribution is 2.27. The minimum absolute atomic E-state index is 0.152. The first-order valence-electron chi connectivity index (χ1n) is 7.50. The third-order valence-electron chi connectivity index (χ3n) is 3.68. The van der Waals surface area contributed by atoms with Crippen molar-refractivity contribution in [2.45, 2.75) is 6.42 Å². The Labute approximate surface area is 140 Å². The van der Waals surface area contributed by atoms with E-state index in [2.05, 4.69) is 10.0 Å². The van der Waals surface area contributed by atoms with Gasteiger partial charge in [0.2, 0.25) is 15.9 Å². The molecule has 7 heteroatoms. The van der Waals surface area contributed by atoms with E-state index in [1.54, 1.807) is 24.3 Å². The number of carbonyl (C=O) groups excluding carboxylic acids is 1. The predicted molar refractivity (Wildman–Crippen MR) is 92.7 cm³/mol. The van der Waals surface area contributed by atoms with E-state index in [0.717, 1.165) is 17.6 Å². The molecule has 0 saturated carbocycles. The third kappa shape index (κ3) is 4.05. The summed E-state index contributed by atoms with van der Waals surface area (Å²) in [6.07, 6.45) is 1.69. The van der Waals surface area contributed by atoms with Crippen molar-refractivity contribution < 1.29 is 17.9 Å². The van der Waals surface area contributed by atoms with Gasteiger partial charge in [-0.25, -0.2) is 8.42 Å². The van der Waals surface area contributed by atoms with Gasteiger partial charge in [-0.2, -0.15) is 0 Å². The lowest BCUT2D eigenvalue weighted by atomic mass is 9.96. The highest BCUT2D eigenvalue weighted by Gasteiger charge is 2.25. The van der Waals surface area contributed by atoms with E-state index < -0.39 is 10.0 Å². The molecule has 1 unspecified atom stereocenters. The standard InChI is InChI=1S/C17H18N2O4S/c1-24(21,22)19-15-7-4-6-14(10-15)18-17(20)13-9-12-5-2-3-8-16(12)23-11-13/h2-8,10,13,19H,9,11H2,1H3,(H,18,20). The van der Waals surface area contributed by atoms with Gasteiger partial charge in [0.05, 0.1) is 17.9 Å². The van der Waals surface area contributed by atoms with Gasteiger partial charge in [-0.15, -0.1) is 0 Å². The summed E-state index contributed by atoms with van der Waals surface area (Å²) in [5.74, 6) is 0.383. The number of rotatable bonds is 4. The van der Waals surface area contributed by atoms with Gasteiger partial charge in [-0.1, -0.05) is 24.3 Å². The number of hydrogen-bond donors (Lipinski definition) is 2. The molecule has 0 radical (unpaired) electrons. The Morgan fingerprint density at radius 2 is 1.88 bits per heavy atom. The monoisotopic (exact) mass is 346 g/mol. The Morgan fingerprint density at radius 1 is 1.12 bits per heavy atom. The van der Waals surface area contributed by atoms with Crippen LogP contribution in [0.1, 0.15) is 5.56 Å². The van der Waals surface area contributed by atoms with Gasteiger partial charge in [0.1, 0.15) is 12.4 Å². The summed E-state index contributed by atoms with van der Waals surface area (Å²) >= 11 is 0. The molecule has 0 fully saturated rings. The smallest absolute Gasteiger partial charge is 0.231 e. The highest BCUT2D eigenvalue weighted by molar-refractivity contribution is 7.92. The molecule has 126 valence electrons. The van der Waals surface area contributed by atoms with Crippen LogP contribution in [-0.4, -0.2) is 27.2 Å². The second-order valence-corrected chi connectivity index (χ2v) is 7.51. The van der Waals surface area contributed by atoms with Crippen LogP contribution < -0.4 is 14.8 Å². The third-order valence-corrected chi connectivity index (χ3v) is 4.29. The zero-order valence-electron chi connectivity index (χ0n) is 13.2. The Kier molecular flexibility index (Phi) is 4.44. The molecule has 0 aliphatic carbocycles. The largest absolute Gasteiger partial charge is 0.492 e. The predicted octanol–water partition coefficient (Wildman–Crippen LogP) is 2.25. The van der Waals surface area contributed by atoms with Crippen molar-refractivity contribution in [2.24, 2.45) is 5.92 Å². The van der Waals surface area contributed by atoms with Gasteiger partial charge in [0.15, 0.2) is 0 Å². The quantitative estimate of drug-likeness (QED) is 0.889. The van der Waals surface area contributed by atoms with Crippen molar-refractivity contribution in [1.82, 2.24) is 0 Å². The van der Waals surface area contributed by atoms with Crippen LogP contribution in [-0.2, 0) is 21.2 Å². The number of carbonyl (C=O) groups is 1. The maximum absolute atomic E-state index is 12.4. The Bertz CT molecular complexity index is 864. The van der Waals surface area contributed by atoms with Crippen molar-refractivity contribution in [3.8, 4) is 5.75 Å². The van der Waals surface area contributed by atoms with Crippen LogP contribution in [0, 0.1) is 5.92 Å².